The number of hydrogen-bond donors (Lipinski definition) is 0. The molecule has 1 fully saturated rings. The predicted octanol–water partition coefficient (Wildman–Crippen LogP) is 2.81. The smallest absolute Gasteiger partial charge is 0.206 e. The summed E-state index contributed by atoms with van der Waals surface area (Å²) < 4.78 is 26.1. The molecule has 1 aliphatic heterocycles. The topological polar surface area (TPSA) is 61.2 Å². The third-order valence-corrected chi connectivity index (χ3v) is 6.16. The highest BCUT2D eigenvalue weighted by Gasteiger charge is 2.30. The first kappa shape index (κ1) is 15.7. The van der Waals surface area contributed by atoms with Gasteiger partial charge in [-0.15, -0.1) is 0 Å². The van der Waals surface area contributed by atoms with Crippen molar-refractivity contribution in [2.24, 2.45) is 0 Å². The number of hydrogen-bond acceptors (Lipinski definition) is 4. The minimum absolute atomic E-state index is 0.0735. The molecule has 2 aromatic carbocycles. The van der Waals surface area contributed by atoms with Crippen molar-refractivity contribution in [2.45, 2.75) is 22.1 Å². The summed E-state index contributed by atoms with van der Waals surface area (Å²) in [6.45, 7) is 1.69. The third-order valence-electron chi connectivity index (χ3n) is 4.33. The molecule has 0 radical (unpaired) electrons. The first-order valence-electron chi connectivity index (χ1n) is 7.55. The van der Waals surface area contributed by atoms with E-state index in [1.54, 1.807) is 48.5 Å². The summed E-state index contributed by atoms with van der Waals surface area (Å²) in [5.74, 6) is 0.0735. The van der Waals surface area contributed by atoms with Gasteiger partial charge < -0.3 is 4.90 Å². The van der Waals surface area contributed by atoms with Crippen LogP contribution in [0.15, 0.2) is 58.3 Å². The Kier molecular flexibility index (Phi) is 4.20. The molecule has 1 saturated heterocycles. The molecule has 0 amide bonds. The van der Waals surface area contributed by atoms with Gasteiger partial charge in [-0.05, 0) is 49.8 Å². The maximum absolute atomic E-state index is 13.0. The number of nitrogens with zero attached hydrogens (tertiary/aromatic N) is 2. The second-order valence-electron chi connectivity index (χ2n) is 5.89. The van der Waals surface area contributed by atoms with Gasteiger partial charge in [0.1, 0.15) is 0 Å². The van der Waals surface area contributed by atoms with Crippen LogP contribution in [0.2, 0.25) is 0 Å². The highest BCUT2D eigenvalue weighted by Crippen LogP contribution is 2.35. The zero-order valence-corrected chi connectivity index (χ0v) is 13.8. The monoisotopic (exact) mass is 326 g/mol. The van der Waals surface area contributed by atoms with E-state index < -0.39 is 9.84 Å². The molecule has 0 aromatic heterocycles. The van der Waals surface area contributed by atoms with Crippen molar-refractivity contribution in [3.8, 4) is 6.07 Å². The van der Waals surface area contributed by atoms with Crippen LogP contribution in [0.1, 0.15) is 23.5 Å². The van der Waals surface area contributed by atoms with Crippen LogP contribution in [-0.4, -0.2) is 33.5 Å². The van der Waals surface area contributed by atoms with Crippen molar-refractivity contribution in [1.29, 1.82) is 5.26 Å². The summed E-state index contributed by atoms with van der Waals surface area (Å²) in [4.78, 5) is 2.70. The molecule has 1 atom stereocenters. The summed E-state index contributed by atoms with van der Waals surface area (Å²) in [5.41, 5.74) is 1.13. The van der Waals surface area contributed by atoms with Crippen LogP contribution in [0, 0.1) is 11.3 Å². The fourth-order valence-electron chi connectivity index (χ4n) is 3.19. The average Bonchev–Trinajstić information content (AvgIpc) is 3.01. The van der Waals surface area contributed by atoms with Crippen molar-refractivity contribution < 1.29 is 8.42 Å². The molecule has 0 aliphatic carbocycles. The van der Waals surface area contributed by atoms with Gasteiger partial charge in [-0.3, -0.25) is 0 Å². The summed E-state index contributed by atoms with van der Waals surface area (Å²) >= 11 is 0. The highest BCUT2D eigenvalue weighted by atomic mass is 32.2. The molecule has 1 unspecified atom stereocenters. The first-order chi connectivity index (χ1) is 11.0. The zero-order valence-electron chi connectivity index (χ0n) is 12.9. The van der Waals surface area contributed by atoms with Crippen molar-refractivity contribution >= 4 is 9.84 Å². The molecule has 0 spiro atoms. The lowest BCUT2D eigenvalue weighted by Gasteiger charge is -2.17. The van der Waals surface area contributed by atoms with Crippen LogP contribution in [0.25, 0.3) is 0 Å². The third kappa shape index (κ3) is 2.88. The fourth-order valence-corrected chi connectivity index (χ4v) is 4.79. The molecular weight excluding hydrogens is 308 g/mol. The van der Waals surface area contributed by atoms with Crippen molar-refractivity contribution in [2.75, 3.05) is 20.1 Å². The lowest BCUT2D eigenvalue weighted by molar-refractivity contribution is 0.411. The van der Waals surface area contributed by atoms with Gasteiger partial charge in [0, 0.05) is 12.5 Å². The second-order valence-corrected chi connectivity index (χ2v) is 7.81. The largest absolute Gasteiger partial charge is 0.306 e. The highest BCUT2D eigenvalue weighted by molar-refractivity contribution is 7.91. The maximum atomic E-state index is 13.0. The van der Waals surface area contributed by atoms with Gasteiger partial charge in [-0.25, -0.2) is 8.42 Å². The normalized spacial score (nSPS) is 18.7. The van der Waals surface area contributed by atoms with Crippen molar-refractivity contribution in [1.82, 2.24) is 4.90 Å². The lowest BCUT2D eigenvalue weighted by Crippen LogP contribution is -2.16. The Balaban J connectivity index is 2.19. The van der Waals surface area contributed by atoms with Gasteiger partial charge in [0.25, 0.3) is 0 Å². The minimum atomic E-state index is -3.63. The number of sulfone groups is 1. The number of likely N-dealkylation sites (tertiary alicyclic amines) is 1. The van der Waals surface area contributed by atoms with Crippen LogP contribution >= 0.6 is 0 Å². The van der Waals surface area contributed by atoms with Gasteiger partial charge in [0.15, 0.2) is 0 Å². The Morgan fingerprint density at radius 3 is 2.48 bits per heavy atom. The molecule has 23 heavy (non-hydrogen) atoms. The van der Waals surface area contributed by atoms with Crippen LogP contribution in [0.4, 0.5) is 0 Å². The van der Waals surface area contributed by atoms with Crippen LogP contribution < -0.4 is 0 Å². The van der Waals surface area contributed by atoms with Gasteiger partial charge in [0.05, 0.1) is 21.4 Å². The average molecular weight is 326 g/mol. The minimum Gasteiger partial charge on any atom is -0.306 e. The van der Waals surface area contributed by atoms with Crippen molar-refractivity contribution in [3.05, 3.63) is 59.7 Å². The molecule has 3 rings (SSSR count). The molecule has 2 aromatic rings. The molecular formula is C18H18N2O2S. The molecule has 5 heteroatoms. The van der Waals surface area contributed by atoms with E-state index in [0.29, 0.717) is 11.1 Å². The molecule has 118 valence electrons. The molecule has 1 heterocycles. The number of nitriles is 1. The maximum Gasteiger partial charge on any atom is 0.206 e. The SMILES string of the molecule is CN1CCC(c2c(C#N)cccc2S(=O)(=O)c2ccccc2)C1. The Bertz CT molecular complexity index is 854. The van der Waals surface area contributed by atoms with E-state index in [4.69, 9.17) is 0 Å². The Hall–Kier alpha value is -2.16. The van der Waals surface area contributed by atoms with Gasteiger partial charge in [0.2, 0.25) is 9.84 Å². The molecule has 4 nitrogen and oxygen atoms in total. The molecule has 0 N–H and O–H groups in total. The standard InChI is InChI=1S/C18H18N2O2S/c1-20-11-10-15(13-20)18-14(12-19)6-5-9-17(18)23(21,22)16-7-3-2-4-8-16/h2-9,15H,10-11,13H2,1H3. The van der Waals surface area contributed by atoms with E-state index in [-0.39, 0.29) is 15.7 Å². The van der Waals surface area contributed by atoms with E-state index >= 15 is 0 Å². The summed E-state index contributed by atoms with van der Waals surface area (Å²) in [5, 5.41) is 9.45. The summed E-state index contributed by atoms with van der Waals surface area (Å²) in [6.07, 6.45) is 0.868. The number of rotatable bonds is 3. The summed E-state index contributed by atoms with van der Waals surface area (Å²) in [6, 6.07) is 15.6. The number of benzene rings is 2. The van der Waals surface area contributed by atoms with E-state index in [9.17, 15) is 13.7 Å². The van der Waals surface area contributed by atoms with Crippen LogP contribution in [0.5, 0.6) is 0 Å². The van der Waals surface area contributed by atoms with Crippen molar-refractivity contribution in [3.63, 3.8) is 0 Å². The lowest BCUT2D eigenvalue weighted by atomic mass is 9.94. The van der Waals surface area contributed by atoms with E-state index in [1.165, 1.54) is 0 Å². The predicted molar refractivity (Wildman–Crippen MR) is 87.9 cm³/mol. The van der Waals surface area contributed by atoms with E-state index in [0.717, 1.165) is 19.5 Å². The molecule has 0 bridgehead atoms. The van der Waals surface area contributed by atoms with Gasteiger partial charge in [-0.2, -0.15) is 5.26 Å². The second kappa shape index (κ2) is 6.15. The zero-order chi connectivity index (χ0) is 16.4. The quantitative estimate of drug-likeness (QED) is 0.870. The fraction of sp³-hybridized carbons (Fsp3) is 0.278. The van der Waals surface area contributed by atoms with Gasteiger partial charge >= 0.3 is 0 Å². The first-order valence-corrected chi connectivity index (χ1v) is 9.04. The van der Waals surface area contributed by atoms with Crippen LogP contribution in [0.3, 0.4) is 0 Å². The van der Waals surface area contributed by atoms with E-state index in [1.807, 2.05) is 7.05 Å². The van der Waals surface area contributed by atoms with E-state index in [2.05, 4.69) is 11.0 Å². The molecule has 0 saturated carbocycles. The Morgan fingerprint density at radius 1 is 1.13 bits per heavy atom. The van der Waals surface area contributed by atoms with Crippen LogP contribution in [-0.2, 0) is 9.84 Å². The Morgan fingerprint density at radius 2 is 1.87 bits per heavy atom. The number of likely N-dealkylation sites (N-methyl/N-ethyl adjacent to an activating group) is 1. The molecule has 1 aliphatic rings. The van der Waals surface area contributed by atoms with Gasteiger partial charge in [-0.1, -0.05) is 24.3 Å². The Labute approximate surface area is 136 Å². The summed E-state index contributed by atoms with van der Waals surface area (Å²) in [7, 11) is -1.61.